The SMILES string of the molecule is Cc1nnc(SCC(=O)Nc2nc(C)c3c(n2)CC(C)CC3=O)s1. The third kappa shape index (κ3) is 3.78. The number of fused-ring (bicyclic) bond motifs is 1. The van der Waals surface area contributed by atoms with Gasteiger partial charge in [-0.25, -0.2) is 9.97 Å². The van der Waals surface area contributed by atoms with Crippen LogP contribution < -0.4 is 5.32 Å². The fourth-order valence-electron chi connectivity index (χ4n) is 2.64. The van der Waals surface area contributed by atoms with Gasteiger partial charge in [-0.05, 0) is 26.2 Å². The van der Waals surface area contributed by atoms with E-state index >= 15 is 0 Å². The van der Waals surface area contributed by atoms with Crippen molar-refractivity contribution < 1.29 is 9.59 Å². The maximum atomic E-state index is 12.1. The molecule has 2 heterocycles. The summed E-state index contributed by atoms with van der Waals surface area (Å²) in [5.74, 6) is 0.610. The van der Waals surface area contributed by atoms with E-state index in [1.807, 2.05) is 13.8 Å². The lowest BCUT2D eigenvalue weighted by atomic mass is 9.86. The van der Waals surface area contributed by atoms with Crippen molar-refractivity contribution in [3.63, 3.8) is 0 Å². The van der Waals surface area contributed by atoms with Gasteiger partial charge in [0.05, 0.1) is 22.7 Å². The number of nitrogens with one attached hydrogen (secondary N) is 1. The highest BCUT2D eigenvalue weighted by atomic mass is 32.2. The molecule has 1 unspecified atom stereocenters. The standard InChI is InChI=1S/C15H17N5O2S2/c1-7-4-10-13(11(21)5-7)8(2)16-14(17-10)18-12(22)6-23-15-20-19-9(3)24-15/h7H,4-6H2,1-3H3,(H,16,17,18,22). The fraction of sp³-hybridized carbons (Fsp3) is 0.467. The van der Waals surface area contributed by atoms with E-state index in [0.717, 1.165) is 21.5 Å². The van der Waals surface area contributed by atoms with Crippen molar-refractivity contribution in [1.82, 2.24) is 20.2 Å². The first-order valence-corrected chi connectivity index (χ1v) is 9.36. The maximum Gasteiger partial charge on any atom is 0.237 e. The van der Waals surface area contributed by atoms with Crippen molar-refractivity contribution in [3.05, 3.63) is 22.0 Å². The van der Waals surface area contributed by atoms with Crippen molar-refractivity contribution >= 4 is 40.7 Å². The zero-order valence-electron chi connectivity index (χ0n) is 13.6. The van der Waals surface area contributed by atoms with E-state index in [4.69, 9.17) is 0 Å². The van der Waals surface area contributed by atoms with E-state index in [1.165, 1.54) is 23.1 Å². The summed E-state index contributed by atoms with van der Waals surface area (Å²) in [7, 11) is 0. The van der Waals surface area contributed by atoms with Gasteiger partial charge < -0.3 is 0 Å². The highest BCUT2D eigenvalue weighted by Gasteiger charge is 2.26. The third-order valence-corrected chi connectivity index (χ3v) is 5.58. The summed E-state index contributed by atoms with van der Waals surface area (Å²) in [6, 6.07) is 0. The lowest BCUT2D eigenvalue weighted by Gasteiger charge is -2.21. The number of aromatic nitrogens is 4. The predicted octanol–water partition coefficient (Wildman–Crippen LogP) is 2.44. The van der Waals surface area contributed by atoms with Crippen LogP contribution in [0.5, 0.6) is 0 Å². The van der Waals surface area contributed by atoms with E-state index in [0.29, 0.717) is 17.7 Å². The summed E-state index contributed by atoms with van der Waals surface area (Å²) in [5.41, 5.74) is 1.97. The Kier molecular flexibility index (Phi) is 4.91. The minimum atomic E-state index is -0.206. The number of hydrogen-bond acceptors (Lipinski definition) is 8. The Morgan fingerprint density at radius 2 is 2.08 bits per heavy atom. The second-order valence-corrected chi connectivity index (χ2v) is 8.22. The number of anilines is 1. The molecule has 0 fully saturated rings. The highest BCUT2D eigenvalue weighted by Crippen LogP contribution is 2.27. The van der Waals surface area contributed by atoms with Gasteiger partial charge in [0.15, 0.2) is 10.1 Å². The van der Waals surface area contributed by atoms with E-state index < -0.39 is 0 Å². The second kappa shape index (κ2) is 6.94. The van der Waals surface area contributed by atoms with Crippen LogP contribution >= 0.6 is 23.1 Å². The monoisotopic (exact) mass is 363 g/mol. The number of hydrogen-bond donors (Lipinski definition) is 1. The lowest BCUT2D eigenvalue weighted by molar-refractivity contribution is -0.113. The number of carbonyl (C=O) groups is 2. The largest absolute Gasteiger partial charge is 0.294 e. The van der Waals surface area contributed by atoms with Crippen molar-refractivity contribution in [2.75, 3.05) is 11.1 Å². The van der Waals surface area contributed by atoms with Crippen LogP contribution in [0.1, 0.15) is 40.1 Å². The van der Waals surface area contributed by atoms with Crippen molar-refractivity contribution in [2.24, 2.45) is 5.92 Å². The minimum absolute atomic E-state index is 0.0846. The summed E-state index contributed by atoms with van der Waals surface area (Å²) in [4.78, 5) is 32.8. The molecule has 0 spiro atoms. The van der Waals surface area contributed by atoms with Gasteiger partial charge in [-0.1, -0.05) is 30.0 Å². The molecule has 0 saturated carbocycles. The number of aryl methyl sites for hydroxylation is 2. The Labute approximate surface area is 147 Å². The Morgan fingerprint density at radius 3 is 2.79 bits per heavy atom. The van der Waals surface area contributed by atoms with E-state index in [9.17, 15) is 9.59 Å². The molecule has 1 aliphatic rings. The van der Waals surface area contributed by atoms with Crippen LogP contribution in [0.4, 0.5) is 5.95 Å². The smallest absolute Gasteiger partial charge is 0.237 e. The molecule has 0 aromatic carbocycles. The molecular formula is C15H17N5O2S2. The fourth-order valence-corrected chi connectivity index (χ4v) is 4.26. The van der Waals surface area contributed by atoms with Gasteiger partial charge in [-0.3, -0.25) is 14.9 Å². The molecule has 1 N–H and O–H groups in total. The molecule has 126 valence electrons. The molecule has 0 saturated heterocycles. The van der Waals surface area contributed by atoms with Gasteiger partial charge in [0.25, 0.3) is 0 Å². The lowest BCUT2D eigenvalue weighted by Crippen LogP contribution is -2.24. The van der Waals surface area contributed by atoms with Crippen LogP contribution in [-0.4, -0.2) is 37.6 Å². The van der Waals surface area contributed by atoms with Gasteiger partial charge >= 0.3 is 0 Å². The Hall–Kier alpha value is -1.87. The Bertz CT molecular complexity index is 805. The van der Waals surface area contributed by atoms with Gasteiger partial charge in [0.2, 0.25) is 11.9 Å². The molecule has 2 aromatic rings. The molecule has 9 heteroatoms. The predicted molar refractivity (Wildman–Crippen MR) is 92.6 cm³/mol. The third-order valence-electron chi connectivity index (χ3n) is 3.60. The van der Waals surface area contributed by atoms with Crippen molar-refractivity contribution in [2.45, 2.75) is 38.0 Å². The normalized spacial score (nSPS) is 16.8. The molecule has 7 nitrogen and oxygen atoms in total. The molecule has 3 rings (SSSR count). The summed E-state index contributed by atoms with van der Waals surface area (Å²) in [5, 5.41) is 11.4. The minimum Gasteiger partial charge on any atom is -0.294 e. The van der Waals surface area contributed by atoms with Crippen LogP contribution in [-0.2, 0) is 11.2 Å². The van der Waals surface area contributed by atoms with Crippen molar-refractivity contribution in [3.8, 4) is 0 Å². The average Bonchev–Trinajstić information content (AvgIpc) is 2.89. The summed E-state index contributed by atoms with van der Waals surface area (Å²) < 4.78 is 0.754. The molecule has 2 aromatic heterocycles. The Morgan fingerprint density at radius 1 is 1.29 bits per heavy atom. The number of thioether (sulfide) groups is 1. The van der Waals surface area contributed by atoms with E-state index in [-0.39, 0.29) is 29.3 Å². The molecule has 1 aliphatic carbocycles. The van der Waals surface area contributed by atoms with Crippen LogP contribution in [0, 0.1) is 19.8 Å². The van der Waals surface area contributed by atoms with Crippen LogP contribution in [0.3, 0.4) is 0 Å². The van der Waals surface area contributed by atoms with Crippen LogP contribution in [0.15, 0.2) is 4.34 Å². The zero-order chi connectivity index (χ0) is 17.3. The number of ketones is 1. The number of nitrogens with zero attached hydrogens (tertiary/aromatic N) is 4. The highest BCUT2D eigenvalue weighted by molar-refractivity contribution is 8.01. The van der Waals surface area contributed by atoms with Crippen molar-refractivity contribution in [1.29, 1.82) is 0 Å². The van der Waals surface area contributed by atoms with Gasteiger partial charge in [0.1, 0.15) is 5.01 Å². The Balaban J connectivity index is 1.69. The quantitative estimate of drug-likeness (QED) is 0.833. The first-order chi connectivity index (χ1) is 11.4. The van der Waals surface area contributed by atoms with Gasteiger partial charge in [-0.2, -0.15) is 0 Å². The van der Waals surface area contributed by atoms with E-state index in [1.54, 1.807) is 6.92 Å². The van der Waals surface area contributed by atoms with Gasteiger partial charge in [-0.15, -0.1) is 10.2 Å². The summed E-state index contributed by atoms with van der Waals surface area (Å²) in [6.45, 7) is 5.67. The molecule has 1 amide bonds. The van der Waals surface area contributed by atoms with E-state index in [2.05, 4.69) is 25.5 Å². The number of carbonyl (C=O) groups excluding carboxylic acids is 2. The molecule has 24 heavy (non-hydrogen) atoms. The maximum absolute atomic E-state index is 12.1. The number of Topliss-reactive ketones (excluding diaryl/α,β-unsaturated/α-hetero) is 1. The average molecular weight is 363 g/mol. The molecule has 1 atom stereocenters. The first kappa shape index (κ1) is 17.0. The second-order valence-electron chi connectivity index (χ2n) is 5.81. The molecule has 0 bridgehead atoms. The molecule has 0 radical (unpaired) electrons. The number of rotatable bonds is 4. The van der Waals surface area contributed by atoms with Crippen LogP contribution in [0.2, 0.25) is 0 Å². The summed E-state index contributed by atoms with van der Waals surface area (Å²) >= 11 is 2.78. The van der Waals surface area contributed by atoms with Gasteiger partial charge in [0, 0.05) is 6.42 Å². The first-order valence-electron chi connectivity index (χ1n) is 7.56. The molecular weight excluding hydrogens is 346 g/mol. The number of amides is 1. The van der Waals surface area contributed by atoms with Crippen LogP contribution in [0.25, 0.3) is 0 Å². The molecule has 0 aliphatic heterocycles. The summed E-state index contributed by atoms with van der Waals surface area (Å²) in [6.07, 6.45) is 1.26. The topological polar surface area (TPSA) is 97.7 Å². The zero-order valence-corrected chi connectivity index (χ0v) is 15.3.